The summed E-state index contributed by atoms with van der Waals surface area (Å²) in [6.45, 7) is 2.46. The quantitative estimate of drug-likeness (QED) is 0.374. The van der Waals surface area contributed by atoms with E-state index in [0.717, 1.165) is 8.47 Å². The van der Waals surface area contributed by atoms with Crippen molar-refractivity contribution in [3.63, 3.8) is 0 Å². The van der Waals surface area contributed by atoms with E-state index in [4.69, 9.17) is 9.47 Å². The van der Waals surface area contributed by atoms with Crippen LogP contribution in [-0.2, 0) is 11.4 Å². The maximum absolute atomic E-state index is 13.4. The Kier molecular flexibility index (Phi) is 6.18. The average molecular weight is 496 g/mol. The molecule has 146 valence electrons. The molecular weight excluding hydrogens is 478 g/mol. The topological polar surface area (TPSA) is 67.9 Å². The number of hydrogen-bond acceptors (Lipinski definition) is 4. The maximum atomic E-state index is 13.4. The second kappa shape index (κ2) is 8.59. The lowest BCUT2D eigenvalue weighted by atomic mass is 10.1. The molecule has 0 atom stereocenters. The lowest BCUT2D eigenvalue weighted by molar-refractivity contribution is -0.121. The molecule has 2 aromatic carbocycles. The maximum Gasteiger partial charge on any atom is 0.328 e. The molecule has 6 nitrogen and oxygen atoms in total. The van der Waals surface area contributed by atoms with Gasteiger partial charge in [0.15, 0.2) is 11.5 Å². The molecule has 3 amide bonds. The summed E-state index contributed by atoms with van der Waals surface area (Å²) in [5.74, 6) is 0.316. The summed E-state index contributed by atoms with van der Waals surface area (Å²) in [6, 6.07) is 9.28. The average Bonchev–Trinajstić information content (AvgIpc) is 2.88. The molecule has 1 N–H and O–H groups in total. The Bertz CT molecular complexity index is 961. The lowest BCUT2D eigenvalue weighted by Crippen LogP contribution is -2.25. The van der Waals surface area contributed by atoms with Crippen molar-refractivity contribution in [3.05, 3.63) is 62.6 Å². The highest BCUT2D eigenvalue weighted by atomic mass is 127. The van der Waals surface area contributed by atoms with Crippen molar-refractivity contribution in [2.75, 3.05) is 13.7 Å². The summed E-state index contributed by atoms with van der Waals surface area (Å²) in [5.41, 5.74) is 1.58. The van der Waals surface area contributed by atoms with Gasteiger partial charge in [0.1, 0.15) is 18.1 Å². The smallest absolute Gasteiger partial charge is 0.328 e. The molecular formula is C20H18FIN2O4. The Balaban J connectivity index is 1.88. The van der Waals surface area contributed by atoms with Gasteiger partial charge in [-0.25, -0.2) is 9.18 Å². The molecule has 8 heteroatoms. The van der Waals surface area contributed by atoms with Gasteiger partial charge in [-0.3, -0.25) is 9.69 Å². The zero-order valence-electron chi connectivity index (χ0n) is 15.3. The Labute approximate surface area is 175 Å². The molecule has 1 fully saturated rings. The van der Waals surface area contributed by atoms with Gasteiger partial charge in [-0.15, -0.1) is 0 Å². The van der Waals surface area contributed by atoms with Gasteiger partial charge in [-0.05, 0) is 71.0 Å². The number of ether oxygens (including phenoxy) is 2. The molecule has 0 aromatic heterocycles. The molecule has 1 heterocycles. The third-order valence-corrected chi connectivity index (χ3v) is 4.80. The van der Waals surface area contributed by atoms with Crippen LogP contribution in [0.4, 0.5) is 9.18 Å². The van der Waals surface area contributed by atoms with E-state index in [1.165, 1.54) is 19.2 Å². The first-order valence-electron chi connectivity index (χ1n) is 8.53. The number of amides is 3. The van der Waals surface area contributed by atoms with Gasteiger partial charge >= 0.3 is 6.03 Å². The fourth-order valence-corrected chi connectivity index (χ4v) is 3.43. The number of rotatable bonds is 6. The highest BCUT2D eigenvalue weighted by Crippen LogP contribution is 2.35. The van der Waals surface area contributed by atoms with E-state index in [0.29, 0.717) is 29.2 Å². The van der Waals surface area contributed by atoms with E-state index in [1.807, 2.05) is 13.0 Å². The fourth-order valence-electron chi connectivity index (χ4n) is 2.65. The van der Waals surface area contributed by atoms with E-state index in [-0.39, 0.29) is 18.1 Å². The molecule has 0 bridgehead atoms. The second-order valence-corrected chi connectivity index (χ2v) is 7.20. The number of hydrogen-bond donors (Lipinski definition) is 1. The number of carbonyl (C=O) groups excluding carboxylic acids is 2. The Morgan fingerprint density at radius 2 is 2.00 bits per heavy atom. The lowest BCUT2D eigenvalue weighted by Gasteiger charge is -2.15. The van der Waals surface area contributed by atoms with Crippen LogP contribution < -0.4 is 14.8 Å². The normalized spacial score (nSPS) is 15.1. The van der Waals surface area contributed by atoms with Crippen LogP contribution in [-0.4, -0.2) is 30.5 Å². The third-order valence-electron chi connectivity index (χ3n) is 4.00. The van der Waals surface area contributed by atoms with Crippen LogP contribution in [0.25, 0.3) is 6.08 Å². The molecule has 0 radical (unpaired) electrons. The summed E-state index contributed by atoms with van der Waals surface area (Å²) >= 11 is 2.11. The van der Waals surface area contributed by atoms with Crippen LogP contribution >= 0.6 is 22.6 Å². The number of benzene rings is 2. The summed E-state index contributed by atoms with van der Waals surface area (Å²) in [4.78, 5) is 24.7. The molecule has 3 rings (SSSR count). The first kappa shape index (κ1) is 20.1. The van der Waals surface area contributed by atoms with Crippen molar-refractivity contribution in [2.45, 2.75) is 13.5 Å². The number of nitrogens with one attached hydrogen (secondary N) is 1. The van der Waals surface area contributed by atoms with E-state index in [2.05, 4.69) is 27.9 Å². The molecule has 0 aliphatic carbocycles. The minimum absolute atomic E-state index is 0.188. The van der Waals surface area contributed by atoms with E-state index >= 15 is 0 Å². The molecule has 2 aromatic rings. The minimum Gasteiger partial charge on any atom is -0.490 e. The van der Waals surface area contributed by atoms with Crippen LogP contribution in [0.1, 0.15) is 18.1 Å². The van der Waals surface area contributed by atoms with Gasteiger partial charge in [0.25, 0.3) is 5.91 Å². The largest absolute Gasteiger partial charge is 0.490 e. The van der Waals surface area contributed by atoms with Crippen LogP contribution in [0, 0.1) is 9.39 Å². The number of imide groups is 1. The van der Waals surface area contributed by atoms with Crippen molar-refractivity contribution >= 4 is 40.6 Å². The van der Waals surface area contributed by atoms with Crippen LogP contribution in [0.2, 0.25) is 0 Å². The first-order valence-corrected chi connectivity index (χ1v) is 9.61. The van der Waals surface area contributed by atoms with Gasteiger partial charge in [-0.1, -0.05) is 12.1 Å². The minimum atomic E-state index is -0.467. The Morgan fingerprint density at radius 3 is 2.64 bits per heavy atom. The zero-order valence-corrected chi connectivity index (χ0v) is 17.4. The monoisotopic (exact) mass is 496 g/mol. The highest BCUT2D eigenvalue weighted by molar-refractivity contribution is 14.1. The van der Waals surface area contributed by atoms with Gasteiger partial charge in [0.05, 0.1) is 10.2 Å². The summed E-state index contributed by atoms with van der Waals surface area (Å²) in [7, 11) is 1.41. The van der Waals surface area contributed by atoms with E-state index in [1.54, 1.807) is 24.3 Å². The van der Waals surface area contributed by atoms with Gasteiger partial charge < -0.3 is 14.8 Å². The van der Waals surface area contributed by atoms with Crippen molar-refractivity contribution in [3.8, 4) is 11.5 Å². The summed E-state index contributed by atoms with van der Waals surface area (Å²) < 4.78 is 25.7. The Morgan fingerprint density at radius 1 is 1.21 bits per heavy atom. The molecule has 0 unspecified atom stereocenters. The molecule has 0 saturated carbocycles. The Hall–Kier alpha value is -2.62. The molecule has 0 spiro atoms. The number of likely N-dealkylation sites (N-methyl/N-ethyl adjacent to an activating group) is 1. The van der Waals surface area contributed by atoms with Gasteiger partial charge in [0, 0.05) is 7.05 Å². The predicted molar refractivity (Wildman–Crippen MR) is 110 cm³/mol. The fraction of sp³-hybridized carbons (Fsp3) is 0.200. The van der Waals surface area contributed by atoms with Gasteiger partial charge in [-0.2, -0.15) is 0 Å². The summed E-state index contributed by atoms with van der Waals surface area (Å²) in [6.07, 6.45) is 1.59. The number of carbonyl (C=O) groups is 2. The molecule has 1 aliphatic heterocycles. The number of nitrogens with zero attached hydrogens (tertiary/aromatic N) is 1. The van der Waals surface area contributed by atoms with Crippen molar-refractivity contribution in [2.24, 2.45) is 0 Å². The third kappa shape index (κ3) is 4.44. The van der Waals surface area contributed by atoms with Crippen molar-refractivity contribution in [1.82, 2.24) is 10.2 Å². The van der Waals surface area contributed by atoms with Crippen LogP contribution in [0.3, 0.4) is 0 Å². The molecule has 1 aliphatic rings. The predicted octanol–water partition coefficient (Wildman–Crippen LogP) is 3.93. The number of urea groups is 1. The number of halogens is 2. The van der Waals surface area contributed by atoms with E-state index < -0.39 is 11.9 Å². The van der Waals surface area contributed by atoms with Gasteiger partial charge in [0.2, 0.25) is 0 Å². The van der Waals surface area contributed by atoms with Crippen LogP contribution in [0.5, 0.6) is 11.5 Å². The second-order valence-electron chi connectivity index (χ2n) is 6.03. The molecule has 1 saturated heterocycles. The van der Waals surface area contributed by atoms with Crippen LogP contribution in [0.15, 0.2) is 42.1 Å². The van der Waals surface area contributed by atoms with Crippen molar-refractivity contribution in [1.29, 1.82) is 0 Å². The SMILES string of the molecule is CCOc1cc(/C=C2/NC(=O)N(C)C2=O)cc(I)c1OCc1cccc(F)c1. The summed E-state index contributed by atoms with van der Waals surface area (Å²) in [5, 5.41) is 2.53. The van der Waals surface area contributed by atoms with E-state index in [9.17, 15) is 14.0 Å². The zero-order chi connectivity index (χ0) is 20.3. The molecule has 28 heavy (non-hydrogen) atoms. The standard InChI is InChI=1S/C20H18FIN2O4/c1-3-27-17-10-13(9-16-19(25)24(2)20(26)23-16)8-15(22)18(17)28-11-12-5-4-6-14(21)7-12/h4-10H,3,11H2,1-2H3,(H,23,26)/b16-9+. The van der Waals surface area contributed by atoms with Crippen molar-refractivity contribution < 1.29 is 23.5 Å². The first-order chi connectivity index (χ1) is 13.4. The highest BCUT2D eigenvalue weighted by Gasteiger charge is 2.30.